The van der Waals surface area contributed by atoms with E-state index in [0.29, 0.717) is 12.8 Å². The van der Waals surface area contributed by atoms with Crippen LogP contribution in [-0.2, 0) is 28.6 Å². The zero-order valence-electron chi connectivity index (χ0n) is 43.4. The monoisotopic (exact) mass is 921 g/mol. The lowest BCUT2D eigenvalue weighted by Crippen LogP contribution is -2.30. The highest BCUT2D eigenvalue weighted by molar-refractivity contribution is 5.71. The minimum atomic E-state index is -0.811. The Balaban J connectivity index is 4.50. The summed E-state index contributed by atoms with van der Waals surface area (Å²) >= 11 is 0. The van der Waals surface area contributed by atoms with Crippen LogP contribution >= 0.6 is 0 Å². The molecule has 0 radical (unpaired) electrons. The first-order valence-electron chi connectivity index (χ1n) is 28.0. The van der Waals surface area contributed by atoms with Crippen LogP contribution in [0.2, 0.25) is 0 Å². The van der Waals surface area contributed by atoms with Crippen molar-refractivity contribution in [2.75, 3.05) is 13.2 Å². The van der Waals surface area contributed by atoms with Crippen LogP contribution < -0.4 is 0 Å². The van der Waals surface area contributed by atoms with Gasteiger partial charge in [-0.05, 0) is 103 Å². The van der Waals surface area contributed by atoms with Crippen molar-refractivity contribution in [2.45, 2.75) is 277 Å². The molecule has 1 atom stereocenters. The van der Waals surface area contributed by atoms with Crippen molar-refractivity contribution >= 4 is 17.9 Å². The molecule has 0 amide bonds. The molecular formula is C60H104O6. The van der Waals surface area contributed by atoms with Crippen molar-refractivity contribution < 1.29 is 28.6 Å². The number of hydrogen-bond acceptors (Lipinski definition) is 6. The van der Waals surface area contributed by atoms with E-state index < -0.39 is 6.10 Å². The van der Waals surface area contributed by atoms with Crippen molar-refractivity contribution in [3.63, 3.8) is 0 Å². The molecule has 6 nitrogen and oxygen atoms in total. The summed E-state index contributed by atoms with van der Waals surface area (Å²) < 4.78 is 16.8. The highest BCUT2D eigenvalue weighted by Gasteiger charge is 2.19. The summed E-state index contributed by atoms with van der Waals surface area (Å²) in [6.07, 6.45) is 68.9. The Bertz CT molecular complexity index is 1240. The topological polar surface area (TPSA) is 78.9 Å². The van der Waals surface area contributed by atoms with Crippen LogP contribution in [0.3, 0.4) is 0 Å². The zero-order chi connectivity index (χ0) is 47.9. The standard InChI is InChI=1S/C60H104O6/c1-4-7-10-13-16-19-22-25-28-30-33-35-38-41-44-47-50-53-59(62)65-56-57(55-64-58(61)52-49-46-43-40-37-34-31-27-24-21-18-15-12-9-6-3)66-60(63)54-51-48-45-42-39-36-32-29-26-23-20-17-14-11-8-5-2/h21,24-25,28-29,32-33,35-36,39,41,44,57H,4-20,22-23,26-27,30-31,34,37-38,40,42-43,45-56H2,1-3H3/b24-21-,28-25-,32-29-,35-33-,39-36-,44-41-. The van der Waals surface area contributed by atoms with Gasteiger partial charge in [0.05, 0.1) is 0 Å². The summed E-state index contributed by atoms with van der Waals surface area (Å²) in [5.41, 5.74) is 0. The molecule has 0 aromatic heterocycles. The van der Waals surface area contributed by atoms with E-state index in [0.717, 1.165) is 70.6 Å². The normalized spacial score (nSPS) is 12.6. The van der Waals surface area contributed by atoms with Gasteiger partial charge in [0.1, 0.15) is 13.2 Å². The highest BCUT2D eigenvalue weighted by Crippen LogP contribution is 2.14. The second kappa shape index (κ2) is 54.5. The van der Waals surface area contributed by atoms with Crippen molar-refractivity contribution in [3.05, 3.63) is 72.9 Å². The predicted octanol–water partition coefficient (Wildman–Crippen LogP) is 18.6. The first-order valence-corrected chi connectivity index (χ1v) is 28.0. The minimum absolute atomic E-state index is 0.104. The molecule has 0 aromatic rings. The number of hydrogen-bond donors (Lipinski definition) is 0. The van der Waals surface area contributed by atoms with Crippen LogP contribution in [0.15, 0.2) is 72.9 Å². The Morgan fingerprint density at radius 2 is 0.606 bits per heavy atom. The lowest BCUT2D eigenvalue weighted by Gasteiger charge is -2.18. The van der Waals surface area contributed by atoms with E-state index in [1.807, 2.05) is 0 Å². The number of rotatable bonds is 50. The molecule has 0 saturated heterocycles. The van der Waals surface area contributed by atoms with Gasteiger partial charge in [-0.2, -0.15) is 0 Å². The van der Waals surface area contributed by atoms with Gasteiger partial charge < -0.3 is 14.2 Å². The average Bonchev–Trinajstić information content (AvgIpc) is 3.31. The van der Waals surface area contributed by atoms with Crippen molar-refractivity contribution in [3.8, 4) is 0 Å². The average molecular weight is 921 g/mol. The fraction of sp³-hybridized carbons (Fsp3) is 0.750. The Labute approximate surface area is 408 Å². The van der Waals surface area contributed by atoms with E-state index in [-0.39, 0.29) is 44.0 Å². The van der Waals surface area contributed by atoms with Gasteiger partial charge >= 0.3 is 17.9 Å². The van der Waals surface area contributed by atoms with E-state index in [2.05, 4.69) is 93.7 Å². The second-order valence-electron chi connectivity index (χ2n) is 18.5. The fourth-order valence-electron chi connectivity index (χ4n) is 7.68. The van der Waals surface area contributed by atoms with E-state index in [9.17, 15) is 14.4 Å². The smallest absolute Gasteiger partial charge is 0.306 e. The van der Waals surface area contributed by atoms with Gasteiger partial charge in [0.25, 0.3) is 0 Å². The summed E-state index contributed by atoms with van der Waals surface area (Å²) in [4.78, 5) is 38.1. The molecule has 6 heteroatoms. The predicted molar refractivity (Wildman–Crippen MR) is 284 cm³/mol. The number of allylic oxidation sites excluding steroid dienone is 12. The summed E-state index contributed by atoms with van der Waals surface area (Å²) in [7, 11) is 0. The number of ether oxygens (including phenoxy) is 3. The SMILES string of the molecule is CCCCCC/C=C\CCCCCCCCCC(=O)OCC(COC(=O)CCC/C=C\C/C=C\C/C=C\CCCCCCCC)OC(=O)CCCCC/C=C\C=C/CCCCCCCCC. The zero-order valence-corrected chi connectivity index (χ0v) is 43.4. The van der Waals surface area contributed by atoms with Crippen molar-refractivity contribution in [1.29, 1.82) is 0 Å². The van der Waals surface area contributed by atoms with Crippen LogP contribution in [-0.4, -0.2) is 37.2 Å². The van der Waals surface area contributed by atoms with Gasteiger partial charge in [-0.15, -0.1) is 0 Å². The lowest BCUT2D eigenvalue weighted by atomic mass is 10.1. The quantitative estimate of drug-likeness (QED) is 0.0199. The Morgan fingerprint density at radius 3 is 1.05 bits per heavy atom. The van der Waals surface area contributed by atoms with Crippen LogP contribution in [0.5, 0.6) is 0 Å². The molecule has 1 unspecified atom stereocenters. The van der Waals surface area contributed by atoms with Crippen molar-refractivity contribution in [2.24, 2.45) is 0 Å². The second-order valence-corrected chi connectivity index (χ2v) is 18.5. The number of carbonyl (C=O) groups excluding carboxylic acids is 3. The molecule has 0 spiro atoms. The highest BCUT2D eigenvalue weighted by atomic mass is 16.6. The van der Waals surface area contributed by atoms with E-state index in [1.165, 1.54) is 154 Å². The largest absolute Gasteiger partial charge is 0.462 e. The minimum Gasteiger partial charge on any atom is -0.462 e. The van der Waals surface area contributed by atoms with Gasteiger partial charge in [-0.25, -0.2) is 0 Å². The van der Waals surface area contributed by atoms with Crippen LogP contribution in [0.25, 0.3) is 0 Å². The molecule has 0 rings (SSSR count). The summed E-state index contributed by atoms with van der Waals surface area (Å²) in [6, 6.07) is 0. The van der Waals surface area contributed by atoms with Gasteiger partial charge in [0.15, 0.2) is 6.10 Å². The molecule has 0 heterocycles. The molecule has 0 fully saturated rings. The number of esters is 3. The molecule has 0 aliphatic heterocycles. The van der Waals surface area contributed by atoms with E-state index in [1.54, 1.807) is 0 Å². The maximum atomic E-state index is 12.8. The van der Waals surface area contributed by atoms with Crippen molar-refractivity contribution in [1.82, 2.24) is 0 Å². The maximum Gasteiger partial charge on any atom is 0.306 e. The number of unbranched alkanes of at least 4 members (excludes halogenated alkanes) is 28. The molecule has 0 aromatic carbocycles. The van der Waals surface area contributed by atoms with Crippen LogP contribution in [0.4, 0.5) is 0 Å². The van der Waals surface area contributed by atoms with Crippen LogP contribution in [0.1, 0.15) is 271 Å². The first kappa shape index (κ1) is 62.8. The third kappa shape index (κ3) is 51.8. The Hall–Kier alpha value is -3.15. The summed E-state index contributed by atoms with van der Waals surface area (Å²) in [6.45, 7) is 6.56. The van der Waals surface area contributed by atoms with Gasteiger partial charge in [-0.3, -0.25) is 14.4 Å². The molecule has 0 saturated carbocycles. The molecule has 66 heavy (non-hydrogen) atoms. The number of carbonyl (C=O) groups is 3. The molecule has 0 bridgehead atoms. The third-order valence-corrected chi connectivity index (χ3v) is 11.9. The Morgan fingerprint density at radius 1 is 0.318 bits per heavy atom. The fourth-order valence-corrected chi connectivity index (χ4v) is 7.68. The molecule has 0 aliphatic rings. The van der Waals surface area contributed by atoms with Gasteiger partial charge in [-0.1, -0.05) is 222 Å². The maximum absolute atomic E-state index is 12.8. The molecular weight excluding hydrogens is 817 g/mol. The molecule has 380 valence electrons. The van der Waals surface area contributed by atoms with Gasteiger partial charge in [0, 0.05) is 19.3 Å². The molecule has 0 N–H and O–H groups in total. The first-order chi connectivity index (χ1) is 32.5. The summed E-state index contributed by atoms with van der Waals surface area (Å²) in [5.74, 6) is -0.984. The Kier molecular flexibility index (Phi) is 51.9. The van der Waals surface area contributed by atoms with Crippen LogP contribution in [0, 0.1) is 0 Å². The van der Waals surface area contributed by atoms with E-state index >= 15 is 0 Å². The van der Waals surface area contributed by atoms with Gasteiger partial charge in [0.2, 0.25) is 0 Å². The summed E-state index contributed by atoms with van der Waals surface area (Å²) in [5, 5.41) is 0. The molecule has 0 aliphatic carbocycles. The third-order valence-electron chi connectivity index (χ3n) is 11.9. The lowest BCUT2D eigenvalue weighted by molar-refractivity contribution is -0.167. The van der Waals surface area contributed by atoms with E-state index in [4.69, 9.17) is 14.2 Å².